The fourth-order valence-electron chi connectivity index (χ4n) is 0.0170. The van der Waals surface area contributed by atoms with Crippen LogP contribution in [0.25, 0.3) is 0 Å². The predicted octanol–water partition coefficient (Wildman–Crippen LogP) is 1.10. The zero-order valence-corrected chi connectivity index (χ0v) is 6.03. The molecule has 0 aromatic carbocycles. The second kappa shape index (κ2) is 10.4. The molecule has 2 N–H and O–H groups in total. The van der Waals surface area contributed by atoms with Gasteiger partial charge in [0.1, 0.15) is 4.31 Å². The lowest BCUT2D eigenvalue weighted by molar-refractivity contribution is 0.137. The van der Waals surface area contributed by atoms with E-state index >= 15 is 0 Å². The van der Waals surface area contributed by atoms with Crippen molar-refractivity contribution in [3.8, 4) is 0 Å². The SMILES string of the molecule is O=C(O)O.O=[PH+]O[PH+]=O. The van der Waals surface area contributed by atoms with Crippen molar-refractivity contribution in [1.29, 1.82) is 0 Å². The molecule has 8 heteroatoms. The van der Waals surface area contributed by atoms with E-state index in [1.165, 1.54) is 0 Å². The van der Waals surface area contributed by atoms with Crippen LogP contribution in [0.15, 0.2) is 0 Å². The zero-order chi connectivity index (χ0) is 7.70. The summed E-state index contributed by atoms with van der Waals surface area (Å²) in [6.45, 7) is 0. The Bertz CT molecular complexity index is 89.2. The fraction of sp³-hybridized carbons (Fsp3) is 0. The van der Waals surface area contributed by atoms with E-state index in [1.54, 1.807) is 0 Å². The molecular weight excluding hydrogens is 170 g/mol. The molecule has 0 bridgehead atoms. The van der Waals surface area contributed by atoms with E-state index < -0.39 is 23.5 Å². The average Bonchev–Trinajstić information content (AvgIpc) is 1.66. The van der Waals surface area contributed by atoms with Crippen LogP contribution < -0.4 is 0 Å². The molecule has 9 heavy (non-hydrogen) atoms. The number of carboxylic acid groups (broad SMARTS) is 2. The summed E-state index contributed by atoms with van der Waals surface area (Å²) in [5.74, 6) is 0. The van der Waals surface area contributed by atoms with Crippen LogP contribution in [0.4, 0.5) is 4.79 Å². The van der Waals surface area contributed by atoms with E-state index in [4.69, 9.17) is 24.1 Å². The van der Waals surface area contributed by atoms with E-state index in [9.17, 15) is 0 Å². The highest BCUT2D eigenvalue weighted by molar-refractivity contribution is 7.32. The number of carbonyl (C=O) groups is 1. The maximum Gasteiger partial charge on any atom is 0.548 e. The Kier molecular flexibility index (Phi) is 13.0. The van der Waals surface area contributed by atoms with Crippen LogP contribution >= 0.6 is 17.4 Å². The predicted molar refractivity (Wildman–Crippen MR) is 29.7 cm³/mol. The van der Waals surface area contributed by atoms with Gasteiger partial charge in [0.2, 0.25) is 0 Å². The molecule has 0 unspecified atom stereocenters. The average molecular weight is 174 g/mol. The lowest BCUT2D eigenvalue weighted by atomic mass is 11.5. The van der Waals surface area contributed by atoms with Crippen molar-refractivity contribution >= 4 is 23.5 Å². The summed E-state index contributed by atoms with van der Waals surface area (Å²) in [4.78, 5) is 8.56. The van der Waals surface area contributed by atoms with Gasteiger partial charge in [-0.15, -0.1) is 0 Å². The maximum absolute atomic E-state index is 9.14. The standard InChI is InChI=1S/CH2O3.H2O3P2/c2-1(3)4;1-4-3-5-2/h(H2,2,3,4);4-5H/q;+2. The molecule has 6 nitrogen and oxygen atoms in total. The van der Waals surface area contributed by atoms with Gasteiger partial charge in [0.05, 0.1) is 0 Å². The molecule has 0 fully saturated rings. The monoisotopic (exact) mass is 174 g/mol. The highest BCUT2D eigenvalue weighted by atomic mass is 31.1. The molecule has 0 heterocycles. The van der Waals surface area contributed by atoms with E-state index in [0.717, 1.165) is 0 Å². The minimum Gasteiger partial charge on any atom is -0.450 e. The summed E-state index contributed by atoms with van der Waals surface area (Å²) in [5, 5.41) is 13.9. The molecule has 52 valence electrons. The van der Waals surface area contributed by atoms with Crippen molar-refractivity contribution in [3.63, 3.8) is 0 Å². The summed E-state index contributed by atoms with van der Waals surface area (Å²) in [6, 6.07) is 0. The molecule has 0 amide bonds. The zero-order valence-electron chi connectivity index (χ0n) is 4.03. The first kappa shape index (κ1) is 11.3. The van der Waals surface area contributed by atoms with Crippen molar-refractivity contribution < 1.29 is 28.4 Å². The topological polar surface area (TPSA) is 101 Å². The van der Waals surface area contributed by atoms with E-state index in [0.29, 0.717) is 0 Å². The number of hydrogen-bond donors (Lipinski definition) is 2. The molecule has 0 saturated heterocycles. The van der Waals surface area contributed by atoms with Gasteiger partial charge >= 0.3 is 23.5 Å². The van der Waals surface area contributed by atoms with Gasteiger partial charge in [-0.3, -0.25) is 0 Å². The van der Waals surface area contributed by atoms with Gasteiger partial charge in [0, 0.05) is 0 Å². The second-order valence-electron chi connectivity index (χ2n) is 0.551. The summed E-state index contributed by atoms with van der Waals surface area (Å²) in [7, 11) is -1.78. The molecule has 0 atom stereocenters. The molecule has 0 spiro atoms. The van der Waals surface area contributed by atoms with Crippen molar-refractivity contribution in [2.75, 3.05) is 0 Å². The van der Waals surface area contributed by atoms with Crippen LogP contribution in [-0.4, -0.2) is 16.4 Å². The lowest BCUT2D eigenvalue weighted by Crippen LogP contribution is -1.81. The normalized spacial score (nSPS) is 8.00. The molecule has 0 saturated carbocycles. The molecule has 0 rings (SSSR count). The fourth-order valence-corrected chi connectivity index (χ4v) is 0.153. The van der Waals surface area contributed by atoms with Crippen molar-refractivity contribution in [2.24, 2.45) is 0 Å². The van der Waals surface area contributed by atoms with Crippen LogP contribution in [0.1, 0.15) is 0 Å². The highest BCUT2D eigenvalue weighted by Crippen LogP contribution is 2.04. The molecule has 0 aliphatic heterocycles. The van der Waals surface area contributed by atoms with Crippen LogP contribution in [0.3, 0.4) is 0 Å². The van der Waals surface area contributed by atoms with Gasteiger partial charge in [-0.1, -0.05) is 0 Å². The molecule has 0 aliphatic carbocycles. The van der Waals surface area contributed by atoms with Gasteiger partial charge in [-0.05, 0) is 9.13 Å². The molecule has 0 radical (unpaired) electrons. The summed E-state index contributed by atoms with van der Waals surface area (Å²) >= 11 is 0. The Morgan fingerprint density at radius 3 is 1.44 bits per heavy atom. The molecule has 0 aromatic heterocycles. The second-order valence-corrected chi connectivity index (χ2v) is 1.70. The molecule has 0 aliphatic rings. The lowest BCUT2D eigenvalue weighted by Gasteiger charge is -1.60. The first-order valence-electron chi connectivity index (χ1n) is 1.47. The largest absolute Gasteiger partial charge is 0.548 e. The number of hydrogen-bond acceptors (Lipinski definition) is 4. The first-order valence-corrected chi connectivity index (χ1v) is 3.10. The van der Waals surface area contributed by atoms with Gasteiger partial charge in [0.25, 0.3) is 0 Å². The summed E-state index contributed by atoms with van der Waals surface area (Å²) < 4.78 is 22.1. The Morgan fingerprint density at radius 2 is 1.44 bits per heavy atom. The van der Waals surface area contributed by atoms with Gasteiger partial charge < -0.3 is 10.2 Å². The number of rotatable bonds is 2. The third-order valence-corrected chi connectivity index (χ3v) is 0.750. The first-order chi connectivity index (χ1) is 4.15. The Balaban J connectivity index is 0. The van der Waals surface area contributed by atoms with Crippen molar-refractivity contribution in [1.82, 2.24) is 0 Å². The van der Waals surface area contributed by atoms with Gasteiger partial charge in [0.15, 0.2) is 0 Å². The third kappa shape index (κ3) is 107. The third-order valence-electron chi connectivity index (χ3n) is 0.0833. The Labute approximate surface area is 53.0 Å². The minimum atomic E-state index is -1.83. The van der Waals surface area contributed by atoms with Crippen LogP contribution in [0.5, 0.6) is 0 Å². The Hall–Kier alpha value is -0.570. The summed E-state index contributed by atoms with van der Waals surface area (Å²) in [6.07, 6.45) is -1.83. The van der Waals surface area contributed by atoms with E-state index in [1.807, 2.05) is 0 Å². The van der Waals surface area contributed by atoms with E-state index in [-0.39, 0.29) is 0 Å². The maximum atomic E-state index is 9.14. The van der Waals surface area contributed by atoms with Crippen molar-refractivity contribution in [2.45, 2.75) is 0 Å². The van der Waals surface area contributed by atoms with Gasteiger partial charge in [-0.2, -0.15) is 0 Å². The summed E-state index contributed by atoms with van der Waals surface area (Å²) in [5.41, 5.74) is 0. The van der Waals surface area contributed by atoms with Crippen LogP contribution in [0, 0.1) is 0 Å². The Morgan fingerprint density at radius 1 is 1.22 bits per heavy atom. The van der Waals surface area contributed by atoms with Crippen molar-refractivity contribution in [3.05, 3.63) is 0 Å². The smallest absolute Gasteiger partial charge is 0.450 e. The molecular formula is CH4O6P2+2. The van der Waals surface area contributed by atoms with Crippen LogP contribution in [0.2, 0.25) is 0 Å². The van der Waals surface area contributed by atoms with E-state index in [2.05, 4.69) is 4.31 Å². The minimum absolute atomic E-state index is 0.892. The van der Waals surface area contributed by atoms with Gasteiger partial charge in [-0.25, -0.2) is 4.79 Å². The molecule has 0 aromatic rings. The highest BCUT2D eigenvalue weighted by Gasteiger charge is 1.91. The quantitative estimate of drug-likeness (QED) is 0.607. The van der Waals surface area contributed by atoms with Crippen LogP contribution in [-0.2, 0) is 13.4 Å².